The van der Waals surface area contributed by atoms with E-state index >= 15 is 0 Å². The molecule has 0 aromatic rings. The quantitative estimate of drug-likeness (QED) is 0.0761. The van der Waals surface area contributed by atoms with Crippen LogP contribution in [0.4, 0.5) is 0 Å². The molecule has 0 amide bonds. The summed E-state index contributed by atoms with van der Waals surface area (Å²) in [5, 5.41) is 23.0. The van der Waals surface area contributed by atoms with E-state index in [4.69, 9.17) is 114 Å². The van der Waals surface area contributed by atoms with Gasteiger partial charge >= 0.3 is 0 Å². The minimum Gasteiger partial charge on any atom is -0.376 e. The molecule has 42 heteroatoms. The molecule has 22 aliphatic heterocycles. The minimum absolute atomic E-state index is 0.408. The summed E-state index contributed by atoms with van der Waals surface area (Å²) in [7, 11) is 16.3. The van der Waals surface area contributed by atoms with E-state index in [0.717, 1.165) is 0 Å². The van der Waals surface area contributed by atoms with Crippen molar-refractivity contribution < 1.29 is 114 Å². The van der Waals surface area contributed by atoms with E-state index in [1.807, 2.05) is 0 Å². The molecule has 0 aliphatic carbocycles. The molecule has 42 nitrogen and oxygen atoms in total. The number of azide groups is 6. The van der Waals surface area contributed by atoms with E-state index in [1.165, 1.54) is 85.3 Å². The van der Waals surface area contributed by atoms with Gasteiger partial charge in [-0.1, -0.05) is 30.7 Å². The van der Waals surface area contributed by atoms with Crippen LogP contribution in [-0.2, 0) is 114 Å². The van der Waals surface area contributed by atoms with Gasteiger partial charge in [0.25, 0.3) is 0 Å². The zero-order valence-electron chi connectivity index (χ0n) is 51.4. The van der Waals surface area contributed by atoms with Crippen molar-refractivity contribution in [3.8, 4) is 0 Å². The van der Waals surface area contributed by atoms with Crippen LogP contribution in [-0.4, -0.2) is 309 Å². The monoisotopic (exact) mass is 1290 g/mol. The van der Waals surface area contributed by atoms with Crippen LogP contribution in [0.3, 0.4) is 0 Å². The third-order valence-corrected chi connectivity index (χ3v) is 16.5. The fraction of sp³-hybridized carbons (Fsp3) is 1.00. The third kappa shape index (κ3) is 15.9. The highest BCUT2D eigenvalue weighted by Gasteiger charge is 2.61. The van der Waals surface area contributed by atoms with Gasteiger partial charge in [-0.3, -0.25) is 0 Å². The molecule has 0 radical (unpaired) electrons. The second-order valence-electron chi connectivity index (χ2n) is 20.7. The van der Waals surface area contributed by atoms with Crippen molar-refractivity contribution in [2.24, 2.45) is 30.7 Å². The lowest BCUT2D eigenvalue weighted by Crippen LogP contribution is -2.70. The Morgan fingerprint density at radius 2 is 0.333 bits per heavy atom. The molecule has 30 atom stereocenters. The summed E-state index contributed by atoms with van der Waals surface area (Å²) in [6, 6.07) is 0. The summed E-state index contributed by atoms with van der Waals surface area (Å²) in [6.07, 6.45) is -38.3. The maximum absolute atomic E-state index is 9.72. The summed E-state index contributed by atoms with van der Waals surface area (Å²) in [5.74, 6) is 0. The molecule has 0 aromatic carbocycles. The molecule has 0 saturated carbocycles. The maximum atomic E-state index is 9.72. The lowest BCUT2D eigenvalue weighted by Gasteiger charge is -2.53. The number of ether oxygens (including phenoxy) is 24. The Morgan fingerprint density at radius 3 is 0.433 bits per heavy atom. The van der Waals surface area contributed by atoms with E-state index in [2.05, 4.69) is 60.2 Å². The fourth-order valence-corrected chi connectivity index (χ4v) is 12.5. The van der Waals surface area contributed by atoms with Crippen molar-refractivity contribution in [2.45, 2.75) is 184 Å². The first kappa shape index (κ1) is 72.3. The summed E-state index contributed by atoms with van der Waals surface area (Å²) in [6.45, 7) is -2.45. The number of hydrogen-bond acceptors (Lipinski definition) is 30. The zero-order valence-corrected chi connectivity index (χ0v) is 51.4. The third-order valence-electron chi connectivity index (χ3n) is 16.5. The van der Waals surface area contributed by atoms with Crippen LogP contribution in [0, 0.1) is 0 Å². The van der Waals surface area contributed by atoms with Crippen LogP contribution in [0.25, 0.3) is 62.7 Å². The van der Waals surface area contributed by atoms with E-state index < -0.39 is 224 Å². The predicted molar refractivity (Wildman–Crippen MR) is 295 cm³/mol. The fourth-order valence-electron chi connectivity index (χ4n) is 12.5. The average Bonchev–Trinajstić information content (AvgIpc) is 0.893. The smallest absolute Gasteiger partial charge is 0.187 e. The van der Waals surface area contributed by atoms with Gasteiger partial charge in [-0.25, -0.2) is 0 Å². The van der Waals surface area contributed by atoms with Crippen LogP contribution < -0.4 is 0 Å². The Labute approximate surface area is 514 Å². The van der Waals surface area contributed by atoms with Crippen molar-refractivity contribution in [1.29, 1.82) is 0 Å². The molecule has 22 fully saturated rings. The van der Waals surface area contributed by atoms with E-state index in [0.29, 0.717) is 0 Å². The van der Waals surface area contributed by atoms with Crippen molar-refractivity contribution >= 4 is 0 Å². The molecule has 22 rings (SSSR count). The first-order valence-corrected chi connectivity index (χ1v) is 28.1. The van der Waals surface area contributed by atoms with Crippen molar-refractivity contribution in [3.05, 3.63) is 62.7 Å². The predicted octanol–water partition coefficient (Wildman–Crippen LogP) is 2.70. The second kappa shape index (κ2) is 35.8. The molecular weight excluding hydrogens is 1210 g/mol. The van der Waals surface area contributed by atoms with E-state index in [1.54, 1.807) is 0 Å². The molecule has 0 unspecified atom stereocenters. The first-order valence-electron chi connectivity index (χ1n) is 28.1. The molecule has 12 bridgehead atoms. The molecule has 0 spiro atoms. The highest BCUT2D eigenvalue weighted by Crippen LogP contribution is 2.42. The Balaban J connectivity index is 1.40. The summed E-state index contributed by atoms with van der Waals surface area (Å²) < 4.78 is 154. The number of nitrogens with zero attached hydrogens (tertiary/aromatic N) is 18. The van der Waals surface area contributed by atoms with Crippen molar-refractivity contribution in [1.82, 2.24) is 0 Å². The molecule has 90 heavy (non-hydrogen) atoms. The van der Waals surface area contributed by atoms with Gasteiger partial charge in [0.05, 0.1) is 75.9 Å². The summed E-state index contributed by atoms with van der Waals surface area (Å²) >= 11 is 0. The van der Waals surface area contributed by atoms with Gasteiger partial charge in [-0.05, 0) is 33.2 Å². The average molecular weight is 1290 g/mol. The molecule has 504 valence electrons. The van der Waals surface area contributed by atoms with Gasteiger partial charge in [0.2, 0.25) is 0 Å². The Morgan fingerprint density at radius 1 is 0.211 bits per heavy atom. The standard InChI is InChI=1S/C48H78N18O24/c1-67-31-25-19(13-55-61-49)79-43(37(31)73-7)86-26-20(14-56-62-50)81-45(39(75-9)32(26)68-2)88-28-22(16-58-64-52)83-47(41(77-11)34(28)70-4)90-30-24(18-60-66-54)84-48(42(78-12)36(30)72-6)89-29-23(17-59-65-53)82-46(40(76-10)35(29)71-5)87-27-21(15-57-63-51)80-44(85-25)38(74-8)33(27)69-3/h19-48H,13-18H2,1-12H3/t19-,20-,21-,22-,23-,24-,25+,26+,27+,28+,29+,30+,31-,32-,33-,34-,35-,36-,37-,38-,39-,40-,41-,42-,43-,44-,45-,46-,47-,48-/m1/s1. The van der Waals surface area contributed by atoms with Crippen LogP contribution in [0.15, 0.2) is 30.7 Å². The van der Waals surface area contributed by atoms with Crippen molar-refractivity contribution in [2.75, 3.05) is 125 Å². The lowest BCUT2D eigenvalue weighted by molar-refractivity contribution is -0.404. The molecule has 22 saturated heterocycles. The number of methoxy groups -OCH3 is 12. The molecule has 22 aliphatic rings. The van der Waals surface area contributed by atoms with Gasteiger partial charge in [-0.15, -0.1) is 0 Å². The van der Waals surface area contributed by atoms with Crippen LogP contribution in [0.1, 0.15) is 0 Å². The van der Waals surface area contributed by atoms with Gasteiger partial charge in [0.1, 0.15) is 110 Å². The maximum Gasteiger partial charge on any atom is 0.187 e. The summed E-state index contributed by atoms with van der Waals surface area (Å²) in [4.78, 5) is 17.9. The largest absolute Gasteiger partial charge is 0.376 e. The highest BCUT2D eigenvalue weighted by atomic mass is 16.8. The van der Waals surface area contributed by atoms with Gasteiger partial charge in [0, 0.05) is 115 Å². The molecular formula is C48H78N18O24. The van der Waals surface area contributed by atoms with Gasteiger partial charge in [-0.2, -0.15) is 0 Å². The van der Waals surface area contributed by atoms with E-state index in [-0.39, 0.29) is 0 Å². The Bertz CT molecular complexity index is 2120. The highest BCUT2D eigenvalue weighted by molar-refractivity contribution is 5.04. The Kier molecular flexibility index (Phi) is 28.8. The minimum atomic E-state index is -1.46. The number of rotatable bonds is 24. The van der Waals surface area contributed by atoms with Gasteiger partial charge < -0.3 is 114 Å². The second-order valence-corrected chi connectivity index (χ2v) is 20.7. The summed E-state index contributed by atoms with van der Waals surface area (Å²) in [5.41, 5.74) is 58.3. The lowest BCUT2D eigenvalue weighted by atomic mass is 9.94. The SMILES string of the molecule is CO[C@@H]1[C@H]2O[C@H]3O[C@H](CN=[N+]=[N-])[C@H](O[C@H]4O[C@H](CN=[N+]=[N-])[C@H](O[C@H]5O[C@H](CN=[N+]=[N-])[C@H](O[C@H]6O[C@H](CN=[N+]=[N-])[C@H](O[C@H]7O[C@H](CN=[N+]=[N-])[C@H](O[C@@H](O[C@@H]2CN=[N+]=[N-])[C@@H]1OC)[C@@H](OC)[C@H]7OC)[C@@H](OC)[C@H]6OC)[C@@H](OC)[C@H]5OC)[C@@H](OC)[C@H]4OC)[C@@H](OC)[C@H]3OC. The number of hydrogen-bond donors (Lipinski definition) is 0. The van der Waals surface area contributed by atoms with Crippen LogP contribution >= 0.6 is 0 Å². The Hall–Kier alpha value is -5.10. The molecule has 22 heterocycles. The normalized spacial score (nSPS) is 42.9. The van der Waals surface area contributed by atoms with Crippen LogP contribution in [0.2, 0.25) is 0 Å². The van der Waals surface area contributed by atoms with Crippen molar-refractivity contribution in [3.63, 3.8) is 0 Å². The van der Waals surface area contributed by atoms with Gasteiger partial charge in [0.15, 0.2) is 37.7 Å². The van der Waals surface area contributed by atoms with E-state index in [9.17, 15) is 33.2 Å². The first-order chi connectivity index (χ1) is 43.9. The topological polar surface area (TPSA) is 514 Å². The van der Waals surface area contributed by atoms with Crippen LogP contribution in [0.5, 0.6) is 0 Å². The molecule has 0 aromatic heterocycles. The molecule has 0 N–H and O–H groups in total. The zero-order chi connectivity index (χ0) is 65.0.